The van der Waals surface area contributed by atoms with Crippen molar-refractivity contribution in [1.29, 1.82) is 0 Å². The van der Waals surface area contributed by atoms with Gasteiger partial charge in [0.1, 0.15) is 0 Å². The predicted octanol–water partition coefficient (Wildman–Crippen LogP) is 1.16. The molecule has 0 aliphatic heterocycles. The molecular formula is C15H32N2O3. The van der Waals surface area contributed by atoms with Crippen molar-refractivity contribution in [3.05, 3.63) is 0 Å². The highest BCUT2D eigenvalue weighted by Crippen LogP contribution is 2.12. The SMILES string of the molecule is CNC(=O)C(C)(C)CNCC(O)COCCCC(C)C. The summed E-state index contributed by atoms with van der Waals surface area (Å²) in [6, 6.07) is 0. The molecule has 20 heavy (non-hydrogen) atoms. The van der Waals surface area contributed by atoms with Gasteiger partial charge in [-0.05, 0) is 32.6 Å². The van der Waals surface area contributed by atoms with E-state index in [1.54, 1.807) is 7.05 Å². The maximum atomic E-state index is 11.6. The lowest BCUT2D eigenvalue weighted by molar-refractivity contribution is -0.128. The molecule has 3 N–H and O–H groups in total. The van der Waals surface area contributed by atoms with Crippen molar-refractivity contribution in [3.8, 4) is 0 Å². The third kappa shape index (κ3) is 9.28. The molecule has 0 fully saturated rings. The molecule has 0 rings (SSSR count). The van der Waals surface area contributed by atoms with Crippen LogP contribution in [0.2, 0.25) is 0 Å². The van der Waals surface area contributed by atoms with Crippen LogP contribution in [0.3, 0.4) is 0 Å². The molecule has 5 nitrogen and oxygen atoms in total. The van der Waals surface area contributed by atoms with Gasteiger partial charge < -0.3 is 20.5 Å². The fraction of sp³-hybridized carbons (Fsp3) is 0.933. The summed E-state index contributed by atoms with van der Waals surface area (Å²) in [6.45, 7) is 10.1. The van der Waals surface area contributed by atoms with Gasteiger partial charge in [-0.15, -0.1) is 0 Å². The third-order valence-corrected chi connectivity index (χ3v) is 3.17. The molecule has 1 amide bonds. The second-order valence-electron chi connectivity index (χ2n) is 6.36. The molecule has 0 aromatic rings. The molecule has 120 valence electrons. The summed E-state index contributed by atoms with van der Waals surface area (Å²) in [7, 11) is 1.63. The second kappa shape index (κ2) is 10.1. The number of rotatable bonds is 11. The second-order valence-corrected chi connectivity index (χ2v) is 6.36. The Kier molecular flexibility index (Phi) is 9.80. The van der Waals surface area contributed by atoms with Crippen LogP contribution in [0.25, 0.3) is 0 Å². The van der Waals surface area contributed by atoms with E-state index >= 15 is 0 Å². The van der Waals surface area contributed by atoms with Gasteiger partial charge >= 0.3 is 0 Å². The monoisotopic (exact) mass is 288 g/mol. The van der Waals surface area contributed by atoms with Gasteiger partial charge in [0.25, 0.3) is 0 Å². The number of carbonyl (C=O) groups excluding carboxylic acids is 1. The Hall–Kier alpha value is -0.650. The van der Waals surface area contributed by atoms with Crippen LogP contribution in [-0.4, -0.2) is 50.5 Å². The molecule has 0 aliphatic rings. The summed E-state index contributed by atoms with van der Waals surface area (Å²) >= 11 is 0. The highest BCUT2D eigenvalue weighted by molar-refractivity contribution is 5.81. The van der Waals surface area contributed by atoms with Crippen molar-refractivity contribution in [2.24, 2.45) is 11.3 Å². The average molecular weight is 288 g/mol. The van der Waals surface area contributed by atoms with E-state index in [0.29, 0.717) is 32.2 Å². The first-order chi connectivity index (χ1) is 9.29. The topological polar surface area (TPSA) is 70.6 Å². The molecule has 1 atom stereocenters. The third-order valence-electron chi connectivity index (χ3n) is 3.17. The van der Waals surface area contributed by atoms with Gasteiger partial charge in [-0.25, -0.2) is 0 Å². The lowest BCUT2D eigenvalue weighted by atomic mass is 9.92. The number of aliphatic hydroxyl groups excluding tert-OH is 1. The lowest BCUT2D eigenvalue weighted by Gasteiger charge is -2.23. The first-order valence-electron chi connectivity index (χ1n) is 7.48. The standard InChI is InChI=1S/C15H32N2O3/c1-12(2)7-6-8-20-10-13(18)9-17-11-15(3,4)14(19)16-5/h12-13,17-18H,6-11H2,1-5H3,(H,16,19). The number of hydrogen-bond donors (Lipinski definition) is 3. The van der Waals surface area contributed by atoms with Gasteiger partial charge in [0, 0.05) is 26.7 Å². The fourth-order valence-electron chi connectivity index (χ4n) is 1.84. The van der Waals surface area contributed by atoms with Crippen molar-refractivity contribution in [2.75, 3.05) is 33.4 Å². The van der Waals surface area contributed by atoms with Crippen molar-refractivity contribution in [1.82, 2.24) is 10.6 Å². The van der Waals surface area contributed by atoms with Gasteiger partial charge in [-0.2, -0.15) is 0 Å². The van der Waals surface area contributed by atoms with Gasteiger partial charge in [-0.3, -0.25) is 4.79 Å². The number of amides is 1. The van der Waals surface area contributed by atoms with Crippen molar-refractivity contribution >= 4 is 5.91 Å². The summed E-state index contributed by atoms with van der Waals surface area (Å²) in [4.78, 5) is 11.6. The van der Waals surface area contributed by atoms with Crippen molar-refractivity contribution < 1.29 is 14.6 Å². The van der Waals surface area contributed by atoms with Crippen LogP contribution in [0, 0.1) is 11.3 Å². The molecule has 0 spiro atoms. The summed E-state index contributed by atoms with van der Waals surface area (Å²) in [5.74, 6) is 0.682. The molecular weight excluding hydrogens is 256 g/mol. The van der Waals surface area contributed by atoms with E-state index in [2.05, 4.69) is 24.5 Å². The summed E-state index contributed by atoms with van der Waals surface area (Å²) in [6.07, 6.45) is 1.64. The molecule has 0 saturated heterocycles. The van der Waals surface area contributed by atoms with Crippen molar-refractivity contribution in [2.45, 2.75) is 46.6 Å². The minimum atomic E-state index is -0.533. The number of carbonyl (C=O) groups is 1. The van der Waals surface area contributed by atoms with E-state index in [0.717, 1.165) is 12.8 Å². The zero-order chi connectivity index (χ0) is 15.6. The fourth-order valence-corrected chi connectivity index (χ4v) is 1.84. The molecule has 1 unspecified atom stereocenters. The maximum absolute atomic E-state index is 11.6. The normalized spacial score (nSPS) is 13.6. The molecule has 5 heteroatoms. The lowest BCUT2D eigenvalue weighted by Crippen LogP contribution is -2.44. The molecule has 0 aromatic heterocycles. The minimum Gasteiger partial charge on any atom is -0.389 e. The van der Waals surface area contributed by atoms with Crippen LogP contribution in [-0.2, 0) is 9.53 Å². The first kappa shape index (κ1) is 19.4. The van der Waals surface area contributed by atoms with Crippen LogP contribution in [0.1, 0.15) is 40.5 Å². The zero-order valence-corrected chi connectivity index (χ0v) is 13.7. The van der Waals surface area contributed by atoms with Crippen LogP contribution in [0.5, 0.6) is 0 Å². The molecule has 0 saturated carbocycles. The molecule has 0 radical (unpaired) electrons. The Balaban J connectivity index is 3.63. The summed E-state index contributed by atoms with van der Waals surface area (Å²) in [5.41, 5.74) is -0.480. The van der Waals surface area contributed by atoms with Crippen LogP contribution >= 0.6 is 0 Å². The number of nitrogens with one attached hydrogen (secondary N) is 2. The van der Waals surface area contributed by atoms with E-state index in [1.165, 1.54) is 0 Å². The van der Waals surface area contributed by atoms with Crippen LogP contribution < -0.4 is 10.6 Å². The van der Waals surface area contributed by atoms with E-state index in [1.807, 2.05) is 13.8 Å². The average Bonchev–Trinajstić information content (AvgIpc) is 2.36. The molecule has 0 aliphatic carbocycles. The van der Waals surface area contributed by atoms with Crippen molar-refractivity contribution in [3.63, 3.8) is 0 Å². The maximum Gasteiger partial charge on any atom is 0.226 e. The zero-order valence-electron chi connectivity index (χ0n) is 13.7. The quantitative estimate of drug-likeness (QED) is 0.499. The Morgan fingerprint density at radius 2 is 2.00 bits per heavy atom. The van der Waals surface area contributed by atoms with Crippen LogP contribution in [0.15, 0.2) is 0 Å². The summed E-state index contributed by atoms with van der Waals surface area (Å²) in [5, 5.41) is 15.5. The number of hydrogen-bond acceptors (Lipinski definition) is 4. The first-order valence-corrected chi connectivity index (χ1v) is 7.48. The van der Waals surface area contributed by atoms with E-state index in [9.17, 15) is 9.90 Å². The summed E-state index contributed by atoms with van der Waals surface area (Å²) < 4.78 is 5.43. The highest BCUT2D eigenvalue weighted by atomic mass is 16.5. The number of ether oxygens (including phenoxy) is 1. The Bertz CT molecular complexity index is 268. The number of aliphatic hydroxyl groups is 1. The molecule has 0 bridgehead atoms. The van der Waals surface area contributed by atoms with Gasteiger partial charge in [0.2, 0.25) is 5.91 Å². The van der Waals surface area contributed by atoms with E-state index in [4.69, 9.17) is 4.74 Å². The van der Waals surface area contributed by atoms with Gasteiger partial charge in [-0.1, -0.05) is 13.8 Å². The van der Waals surface area contributed by atoms with Crippen LogP contribution in [0.4, 0.5) is 0 Å². The Labute approximate surface area is 123 Å². The minimum absolute atomic E-state index is 0.00979. The highest BCUT2D eigenvalue weighted by Gasteiger charge is 2.26. The smallest absolute Gasteiger partial charge is 0.226 e. The Morgan fingerprint density at radius 1 is 1.35 bits per heavy atom. The van der Waals surface area contributed by atoms with E-state index in [-0.39, 0.29) is 5.91 Å². The molecule has 0 heterocycles. The molecule has 0 aromatic carbocycles. The largest absolute Gasteiger partial charge is 0.389 e. The van der Waals surface area contributed by atoms with E-state index < -0.39 is 11.5 Å². The predicted molar refractivity (Wildman–Crippen MR) is 81.6 cm³/mol. The Morgan fingerprint density at radius 3 is 2.55 bits per heavy atom. The van der Waals surface area contributed by atoms with Gasteiger partial charge in [0.15, 0.2) is 0 Å². The van der Waals surface area contributed by atoms with Gasteiger partial charge in [0.05, 0.1) is 18.1 Å².